The largest absolute Gasteiger partial charge is 0.0573 e. The van der Waals surface area contributed by atoms with Crippen LogP contribution in [0.1, 0.15) is 19.8 Å². The minimum absolute atomic E-state index is 0.516. The van der Waals surface area contributed by atoms with Crippen LogP contribution in [-0.4, -0.2) is 0 Å². The molecule has 0 nitrogen and oxygen atoms in total. The monoisotopic (exact) mass is 238 g/mol. The van der Waals surface area contributed by atoms with Crippen LogP contribution in [0.5, 0.6) is 0 Å². The second-order valence-corrected chi connectivity index (χ2v) is 5.36. The Morgan fingerprint density at radius 2 is 2.00 bits per heavy atom. The summed E-state index contributed by atoms with van der Waals surface area (Å²) in [4.78, 5) is 0. The molecule has 0 spiro atoms. The summed E-state index contributed by atoms with van der Waals surface area (Å²) in [6.45, 7) is 2.26. The van der Waals surface area contributed by atoms with Crippen LogP contribution < -0.4 is 0 Å². The Balaban J connectivity index is 2.50. The Bertz CT molecular complexity index is 118. The van der Waals surface area contributed by atoms with Crippen LogP contribution in [0.25, 0.3) is 0 Å². The van der Waals surface area contributed by atoms with Gasteiger partial charge in [0, 0.05) is 0 Å². The zero-order chi connectivity index (χ0) is 6.20. The zero-order valence-electron chi connectivity index (χ0n) is 4.75. The molecular weight excluding hydrogens is 232 g/mol. The van der Waals surface area contributed by atoms with E-state index in [1.54, 1.807) is 0 Å². The third kappa shape index (κ3) is 1.90. The predicted molar refractivity (Wildman–Crippen MR) is 43.3 cm³/mol. The molecule has 0 N–H and O–H groups in total. The quantitative estimate of drug-likeness (QED) is 0.658. The highest BCUT2D eigenvalue weighted by Gasteiger charge is 2.34. The van der Waals surface area contributed by atoms with Crippen LogP contribution in [0.15, 0.2) is 9.47 Å². The number of rotatable bonds is 1. The lowest BCUT2D eigenvalue weighted by Gasteiger charge is -1.95. The first-order chi connectivity index (χ1) is 3.62. The van der Waals surface area contributed by atoms with E-state index in [-0.39, 0.29) is 0 Å². The molecule has 46 valence electrons. The van der Waals surface area contributed by atoms with Gasteiger partial charge in [0.1, 0.15) is 0 Å². The van der Waals surface area contributed by atoms with Crippen molar-refractivity contribution >= 4 is 31.9 Å². The van der Waals surface area contributed by atoms with E-state index in [1.165, 1.54) is 12.8 Å². The standard InChI is InChI=1S/C6H8Br2/c1-6(2-3-6)4-5(7)8/h4H,2-3H2,1H3. The van der Waals surface area contributed by atoms with Gasteiger partial charge in [0.15, 0.2) is 0 Å². The highest BCUT2D eigenvalue weighted by atomic mass is 79.9. The molecule has 1 saturated carbocycles. The molecule has 0 bridgehead atoms. The fourth-order valence-corrected chi connectivity index (χ4v) is 1.71. The molecule has 0 heterocycles. The Hall–Kier alpha value is 0.700. The van der Waals surface area contributed by atoms with Gasteiger partial charge < -0.3 is 0 Å². The minimum atomic E-state index is 0.516. The highest BCUT2D eigenvalue weighted by Crippen LogP contribution is 2.48. The first-order valence-electron chi connectivity index (χ1n) is 2.66. The lowest BCUT2D eigenvalue weighted by molar-refractivity contribution is 0.749. The molecular formula is C6H8Br2. The summed E-state index contributed by atoms with van der Waals surface area (Å²) >= 11 is 6.66. The predicted octanol–water partition coefficient (Wildman–Crippen LogP) is 3.42. The molecule has 2 heteroatoms. The number of halogens is 2. The van der Waals surface area contributed by atoms with Crippen LogP contribution in [0.3, 0.4) is 0 Å². The second kappa shape index (κ2) is 2.14. The van der Waals surface area contributed by atoms with Gasteiger partial charge in [0.2, 0.25) is 0 Å². The van der Waals surface area contributed by atoms with E-state index >= 15 is 0 Å². The van der Waals surface area contributed by atoms with E-state index in [1.807, 2.05) is 0 Å². The molecule has 0 unspecified atom stereocenters. The third-order valence-electron chi connectivity index (χ3n) is 1.50. The fourth-order valence-electron chi connectivity index (χ4n) is 0.605. The summed E-state index contributed by atoms with van der Waals surface area (Å²) in [5.41, 5.74) is 0.516. The average molecular weight is 240 g/mol. The smallest absolute Gasteiger partial charge is 0.0569 e. The van der Waals surface area contributed by atoms with Gasteiger partial charge in [-0.25, -0.2) is 0 Å². The third-order valence-corrected chi connectivity index (χ3v) is 1.95. The van der Waals surface area contributed by atoms with Gasteiger partial charge in [-0.1, -0.05) is 13.0 Å². The van der Waals surface area contributed by atoms with Crippen LogP contribution in [0, 0.1) is 5.41 Å². The molecule has 0 aromatic heterocycles. The van der Waals surface area contributed by atoms with Crippen molar-refractivity contribution in [3.8, 4) is 0 Å². The van der Waals surface area contributed by atoms with Crippen LogP contribution in [0.2, 0.25) is 0 Å². The van der Waals surface area contributed by atoms with Crippen molar-refractivity contribution in [1.82, 2.24) is 0 Å². The van der Waals surface area contributed by atoms with Gasteiger partial charge >= 0.3 is 0 Å². The van der Waals surface area contributed by atoms with Crippen molar-refractivity contribution in [2.75, 3.05) is 0 Å². The lowest BCUT2D eigenvalue weighted by Crippen LogP contribution is -1.82. The second-order valence-electron chi connectivity index (χ2n) is 2.59. The van der Waals surface area contributed by atoms with Crippen LogP contribution >= 0.6 is 31.9 Å². The van der Waals surface area contributed by atoms with E-state index in [9.17, 15) is 0 Å². The zero-order valence-corrected chi connectivity index (χ0v) is 7.92. The molecule has 1 rings (SSSR count). The summed E-state index contributed by atoms with van der Waals surface area (Å²) in [6, 6.07) is 0. The molecule has 0 amide bonds. The van der Waals surface area contributed by atoms with Crippen LogP contribution in [-0.2, 0) is 0 Å². The summed E-state index contributed by atoms with van der Waals surface area (Å²) < 4.78 is 1.09. The van der Waals surface area contributed by atoms with E-state index in [0.29, 0.717) is 5.41 Å². The minimum Gasteiger partial charge on any atom is -0.0573 e. The van der Waals surface area contributed by atoms with Crippen molar-refractivity contribution in [1.29, 1.82) is 0 Å². The molecule has 0 aromatic rings. The van der Waals surface area contributed by atoms with E-state index in [2.05, 4.69) is 44.9 Å². The van der Waals surface area contributed by atoms with E-state index in [0.717, 1.165) is 3.39 Å². The SMILES string of the molecule is CC1(C=C(Br)Br)CC1. The van der Waals surface area contributed by atoms with Gasteiger partial charge in [-0.3, -0.25) is 0 Å². The maximum absolute atomic E-state index is 3.33. The van der Waals surface area contributed by atoms with Crippen molar-refractivity contribution in [2.24, 2.45) is 5.41 Å². The molecule has 0 aliphatic heterocycles. The lowest BCUT2D eigenvalue weighted by atomic mass is 10.1. The van der Waals surface area contributed by atoms with Gasteiger partial charge in [-0.05, 0) is 50.1 Å². The first kappa shape index (κ1) is 6.81. The van der Waals surface area contributed by atoms with Gasteiger partial charge in [0.05, 0.1) is 3.39 Å². The van der Waals surface area contributed by atoms with E-state index < -0.39 is 0 Å². The van der Waals surface area contributed by atoms with Gasteiger partial charge in [-0.15, -0.1) is 0 Å². The van der Waals surface area contributed by atoms with Crippen LogP contribution in [0.4, 0.5) is 0 Å². The first-order valence-corrected chi connectivity index (χ1v) is 4.25. The summed E-state index contributed by atoms with van der Waals surface area (Å²) in [5, 5.41) is 0. The molecule has 0 atom stereocenters. The number of hydrogen-bond acceptors (Lipinski definition) is 0. The maximum atomic E-state index is 3.33. The Morgan fingerprint density at radius 1 is 1.50 bits per heavy atom. The van der Waals surface area contributed by atoms with Crippen molar-refractivity contribution < 1.29 is 0 Å². The van der Waals surface area contributed by atoms with Gasteiger partial charge in [-0.2, -0.15) is 0 Å². The number of hydrogen-bond donors (Lipinski definition) is 0. The highest BCUT2D eigenvalue weighted by molar-refractivity contribution is 9.28. The van der Waals surface area contributed by atoms with E-state index in [4.69, 9.17) is 0 Å². The van der Waals surface area contributed by atoms with Crippen molar-refractivity contribution in [3.63, 3.8) is 0 Å². The fraction of sp³-hybridized carbons (Fsp3) is 0.667. The Labute approximate surface area is 66.6 Å². The topological polar surface area (TPSA) is 0 Å². The number of allylic oxidation sites excluding steroid dienone is 1. The molecule has 0 saturated heterocycles. The summed E-state index contributed by atoms with van der Waals surface area (Å²) in [5.74, 6) is 0. The molecule has 0 radical (unpaired) electrons. The summed E-state index contributed by atoms with van der Waals surface area (Å²) in [6.07, 6.45) is 4.90. The average Bonchev–Trinajstić information content (AvgIpc) is 2.17. The van der Waals surface area contributed by atoms with Gasteiger partial charge in [0.25, 0.3) is 0 Å². The molecule has 0 aromatic carbocycles. The molecule has 1 aliphatic carbocycles. The molecule has 1 aliphatic rings. The Kier molecular flexibility index (Phi) is 1.83. The molecule has 1 fully saturated rings. The summed E-state index contributed by atoms with van der Waals surface area (Å²) in [7, 11) is 0. The normalized spacial score (nSPS) is 22.4. The molecule has 8 heavy (non-hydrogen) atoms. The van der Waals surface area contributed by atoms with Crippen molar-refractivity contribution in [2.45, 2.75) is 19.8 Å². The maximum Gasteiger partial charge on any atom is 0.0569 e. The Morgan fingerprint density at radius 3 is 2.12 bits per heavy atom. The van der Waals surface area contributed by atoms with Crippen molar-refractivity contribution in [3.05, 3.63) is 9.47 Å².